The normalized spacial score (nSPS) is 13.5. The molecule has 28 heavy (non-hydrogen) atoms. The third-order valence-electron chi connectivity index (χ3n) is 4.68. The molecule has 1 aliphatic rings. The number of methoxy groups -OCH3 is 1. The van der Waals surface area contributed by atoms with Gasteiger partial charge in [-0.25, -0.2) is 0 Å². The van der Waals surface area contributed by atoms with Gasteiger partial charge in [-0.1, -0.05) is 6.07 Å². The smallest absolute Gasteiger partial charge is 0.238 e. The molecule has 0 aliphatic carbocycles. The predicted octanol–water partition coefficient (Wildman–Crippen LogP) is 3.49. The fourth-order valence-corrected chi connectivity index (χ4v) is 3.40. The molecule has 0 aromatic heterocycles. The van der Waals surface area contributed by atoms with Crippen molar-refractivity contribution in [1.29, 1.82) is 0 Å². The van der Waals surface area contributed by atoms with Crippen molar-refractivity contribution in [1.82, 2.24) is 4.90 Å². The van der Waals surface area contributed by atoms with E-state index in [1.54, 1.807) is 7.11 Å². The van der Waals surface area contributed by atoms with Gasteiger partial charge in [-0.3, -0.25) is 9.69 Å². The second-order valence-electron chi connectivity index (χ2n) is 6.67. The SMILES string of the molecule is CCOc1cc2c(cc1OCC)CN(CC(=O)Nc1cccc(OC)c1)CC2. The fraction of sp³-hybridized carbons (Fsp3) is 0.409. The van der Waals surface area contributed by atoms with Crippen LogP contribution in [0.4, 0.5) is 5.69 Å². The molecule has 150 valence electrons. The molecule has 6 nitrogen and oxygen atoms in total. The number of anilines is 1. The van der Waals surface area contributed by atoms with Crippen molar-refractivity contribution in [2.75, 3.05) is 38.7 Å². The monoisotopic (exact) mass is 384 g/mol. The minimum atomic E-state index is -0.0346. The van der Waals surface area contributed by atoms with E-state index in [1.807, 2.05) is 38.1 Å². The van der Waals surface area contributed by atoms with Crippen molar-refractivity contribution in [3.05, 3.63) is 47.5 Å². The number of hydrogen-bond donors (Lipinski definition) is 1. The molecule has 0 unspecified atom stereocenters. The lowest BCUT2D eigenvalue weighted by Gasteiger charge is -2.29. The number of ether oxygens (including phenoxy) is 3. The molecule has 0 atom stereocenters. The maximum absolute atomic E-state index is 12.5. The number of rotatable bonds is 8. The maximum atomic E-state index is 12.5. The van der Waals surface area contributed by atoms with Gasteiger partial charge >= 0.3 is 0 Å². The number of nitrogens with zero attached hydrogens (tertiary/aromatic N) is 1. The number of nitrogens with one attached hydrogen (secondary N) is 1. The minimum Gasteiger partial charge on any atom is -0.497 e. The molecule has 1 heterocycles. The first-order valence-corrected chi connectivity index (χ1v) is 9.70. The van der Waals surface area contributed by atoms with Gasteiger partial charge in [0.25, 0.3) is 0 Å². The van der Waals surface area contributed by atoms with Gasteiger partial charge in [0.15, 0.2) is 11.5 Å². The Bertz CT molecular complexity index is 822. The summed E-state index contributed by atoms with van der Waals surface area (Å²) in [5.41, 5.74) is 3.19. The average molecular weight is 384 g/mol. The van der Waals surface area contributed by atoms with Gasteiger partial charge in [0.1, 0.15) is 5.75 Å². The number of hydrogen-bond acceptors (Lipinski definition) is 5. The summed E-state index contributed by atoms with van der Waals surface area (Å²) in [6.07, 6.45) is 0.883. The van der Waals surface area contributed by atoms with Crippen molar-refractivity contribution in [2.45, 2.75) is 26.8 Å². The van der Waals surface area contributed by atoms with Gasteiger partial charge in [0, 0.05) is 24.8 Å². The van der Waals surface area contributed by atoms with Gasteiger partial charge in [-0.05, 0) is 55.7 Å². The van der Waals surface area contributed by atoms with Gasteiger partial charge in [0.05, 0.1) is 26.9 Å². The Balaban J connectivity index is 1.65. The Morgan fingerprint density at radius 3 is 2.46 bits per heavy atom. The van der Waals surface area contributed by atoms with Crippen LogP contribution in [0.5, 0.6) is 17.2 Å². The Morgan fingerprint density at radius 2 is 1.79 bits per heavy atom. The number of carbonyl (C=O) groups excluding carboxylic acids is 1. The third kappa shape index (κ3) is 4.95. The lowest BCUT2D eigenvalue weighted by molar-refractivity contribution is -0.117. The summed E-state index contributed by atoms with van der Waals surface area (Å²) >= 11 is 0. The summed E-state index contributed by atoms with van der Waals surface area (Å²) in [5.74, 6) is 2.25. The molecule has 0 bridgehead atoms. The molecule has 2 aromatic rings. The first-order chi connectivity index (χ1) is 13.6. The zero-order valence-electron chi connectivity index (χ0n) is 16.8. The van der Waals surface area contributed by atoms with Crippen molar-refractivity contribution >= 4 is 11.6 Å². The average Bonchev–Trinajstić information content (AvgIpc) is 2.69. The van der Waals surface area contributed by atoms with E-state index in [-0.39, 0.29) is 5.91 Å². The molecule has 0 spiro atoms. The highest BCUT2D eigenvalue weighted by Crippen LogP contribution is 2.33. The number of amides is 1. The molecule has 0 radical (unpaired) electrons. The van der Waals surface area contributed by atoms with Gasteiger partial charge in [-0.2, -0.15) is 0 Å². The lowest BCUT2D eigenvalue weighted by atomic mass is 9.98. The standard InChI is InChI=1S/C22H28N2O4/c1-4-27-20-11-16-9-10-24(14-17(16)12-21(20)28-5-2)15-22(25)23-18-7-6-8-19(13-18)26-3/h6-8,11-13H,4-5,9-10,14-15H2,1-3H3,(H,23,25). The van der Waals surface area contributed by atoms with E-state index >= 15 is 0 Å². The Morgan fingerprint density at radius 1 is 1.07 bits per heavy atom. The Labute approximate surface area is 166 Å². The highest BCUT2D eigenvalue weighted by Gasteiger charge is 2.21. The molecule has 6 heteroatoms. The van der Waals surface area contributed by atoms with Crippen molar-refractivity contribution < 1.29 is 19.0 Å². The van der Waals surface area contributed by atoms with E-state index in [1.165, 1.54) is 11.1 Å². The van der Waals surface area contributed by atoms with Crippen molar-refractivity contribution in [3.8, 4) is 17.2 Å². The molecule has 3 rings (SSSR count). The van der Waals surface area contributed by atoms with E-state index < -0.39 is 0 Å². The second-order valence-corrected chi connectivity index (χ2v) is 6.67. The van der Waals surface area contributed by atoms with E-state index in [0.717, 1.165) is 35.9 Å². The van der Waals surface area contributed by atoms with Crippen molar-refractivity contribution in [3.63, 3.8) is 0 Å². The highest BCUT2D eigenvalue weighted by atomic mass is 16.5. The van der Waals surface area contributed by atoms with E-state index in [2.05, 4.69) is 22.3 Å². The Hall–Kier alpha value is -2.73. The minimum absolute atomic E-state index is 0.0346. The van der Waals surface area contributed by atoms with Crippen LogP contribution in [0.25, 0.3) is 0 Å². The number of carbonyl (C=O) groups is 1. The van der Waals surface area contributed by atoms with Crippen LogP contribution in [-0.2, 0) is 17.8 Å². The molecule has 0 saturated heterocycles. The highest BCUT2D eigenvalue weighted by molar-refractivity contribution is 5.92. The zero-order chi connectivity index (χ0) is 19.9. The topological polar surface area (TPSA) is 60.0 Å². The summed E-state index contributed by atoms with van der Waals surface area (Å²) in [5, 5.41) is 2.94. The third-order valence-corrected chi connectivity index (χ3v) is 4.68. The molecule has 2 aromatic carbocycles. The van der Waals surface area contributed by atoms with E-state index in [9.17, 15) is 4.79 Å². The quantitative estimate of drug-likeness (QED) is 0.755. The molecule has 1 N–H and O–H groups in total. The van der Waals surface area contributed by atoms with Gasteiger partial charge < -0.3 is 19.5 Å². The van der Waals surface area contributed by atoms with Crippen molar-refractivity contribution in [2.24, 2.45) is 0 Å². The fourth-order valence-electron chi connectivity index (χ4n) is 3.40. The van der Waals surface area contributed by atoms with E-state index in [4.69, 9.17) is 14.2 Å². The summed E-state index contributed by atoms with van der Waals surface area (Å²) in [6.45, 7) is 7.02. The first-order valence-electron chi connectivity index (χ1n) is 9.70. The maximum Gasteiger partial charge on any atom is 0.238 e. The lowest BCUT2D eigenvalue weighted by Crippen LogP contribution is -2.37. The zero-order valence-corrected chi connectivity index (χ0v) is 16.8. The van der Waals surface area contributed by atoms with Crippen LogP contribution >= 0.6 is 0 Å². The van der Waals surface area contributed by atoms with Gasteiger partial charge in [0.2, 0.25) is 5.91 Å². The van der Waals surface area contributed by atoms with Crippen LogP contribution in [0, 0.1) is 0 Å². The number of fused-ring (bicyclic) bond motifs is 1. The summed E-state index contributed by atoms with van der Waals surface area (Å²) in [4.78, 5) is 14.6. The van der Waals surface area contributed by atoms with Crippen LogP contribution in [0.2, 0.25) is 0 Å². The van der Waals surface area contributed by atoms with E-state index in [0.29, 0.717) is 26.3 Å². The van der Waals surface area contributed by atoms with Crippen LogP contribution in [-0.4, -0.2) is 44.2 Å². The molecule has 1 aliphatic heterocycles. The van der Waals surface area contributed by atoms with Crippen LogP contribution in [0.15, 0.2) is 36.4 Å². The second kappa shape index (κ2) is 9.46. The molecular formula is C22H28N2O4. The molecule has 0 fully saturated rings. The summed E-state index contributed by atoms with van der Waals surface area (Å²) in [6, 6.07) is 11.5. The predicted molar refractivity (Wildman–Crippen MR) is 109 cm³/mol. The Kier molecular flexibility index (Phi) is 6.76. The van der Waals surface area contributed by atoms with Gasteiger partial charge in [-0.15, -0.1) is 0 Å². The van der Waals surface area contributed by atoms with Crippen LogP contribution in [0.1, 0.15) is 25.0 Å². The van der Waals surface area contributed by atoms with Crippen LogP contribution in [0.3, 0.4) is 0 Å². The molecule has 0 saturated carbocycles. The van der Waals surface area contributed by atoms with Crippen LogP contribution < -0.4 is 19.5 Å². The largest absolute Gasteiger partial charge is 0.497 e. The molecule has 1 amide bonds. The molecular weight excluding hydrogens is 356 g/mol. The summed E-state index contributed by atoms with van der Waals surface area (Å²) < 4.78 is 16.7. The number of benzene rings is 2. The summed E-state index contributed by atoms with van der Waals surface area (Å²) in [7, 11) is 1.61. The first kappa shape index (κ1) is 20.0.